The van der Waals surface area contributed by atoms with Crippen LogP contribution in [0.4, 0.5) is 0 Å². The van der Waals surface area contributed by atoms with Gasteiger partial charge in [0.05, 0.1) is 6.61 Å². The van der Waals surface area contributed by atoms with Crippen LogP contribution < -0.4 is 0 Å². The third-order valence-corrected chi connectivity index (χ3v) is 7.72. The van der Waals surface area contributed by atoms with E-state index < -0.39 is 0 Å². The number of carbonyl (C=O) groups excluding carboxylic acids is 1. The van der Waals surface area contributed by atoms with E-state index in [1.54, 1.807) is 0 Å². The summed E-state index contributed by atoms with van der Waals surface area (Å²) in [5, 5.41) is 0.994. The van der Waals surface area contributed by atoms with Crippen LogP contribution in [0, 0.1) is 11.8 Å². The fourth-order valence-electron chi connectivity index (χ4n) is 4.67. The molecule has 0 saturated carbocycles. The van der Waals surface area contributed by atoms with Gasteiger partial charge in [0.1, 0.15) is 0 Å². The number of halogens is 1. The summed E-state index contributed by atoms with van der Waals surface area (Å²) < 4.78 is 18.0. The van der Waals surface area contributed by atoms with Crippen molar-refractivity contribution in [2.24, 2.45) is 11.8 Å². The summed E-state index contributed by atoms with van der Waals surface area (Å²) in [5.41, 5.74) is 0. The molecule has 4 nitrogen and oxygen atoms in total. The largest absolute Gasteiger partial charge is 0.465 e. The van der Waals surface area contributed by atoms with Gasteiger partial charge in [-0.1, -0.05) is 127 Å². The first-order valence-electron chi connectivity index (χ1n) is 15.6. The second-order valence-electron chi connectivity index (χ2n) is 10.6. The fraction of sp³-hybridized carbons (Fsp3) is 0.968. The molecule has 0 atom stereocenters. The van der Waals surface area contributed by atoms with E-state index in [4.69, 9.17) is 14.2 Å². The minimum atomic E-state index is -0.276. The van der Waals surface area contributed by atoms with Crippen molar-refractivity contribution in [3.05, 3.63) is 0 Å². The summed E-state index contributed by atoms with van der Waals surface area (Å²) in [7, 11) is 0. The van der Waals surface area contributed by atoms with Crippen molar-refractivity contribution in [2.75, 3.05) is 25.2 Å². The van der Waals surface area contributed by atoms with Crippen LogP contribution in [0.1, 0.15) is 150 Å². The topological polar surface area (TPSA) is 44.8 Å². The highest BCUT2D eigenvalue weighted by molar-refractivity contribution is 9.09. The molecule has 0 amide bonds. The van der Waals surface area contributed by atoms with Crippen molar-refractivity contribution in [1.82, 2.24) is 0 Å². The van der Waals surface area contributed by atoms with Gasteiger partial charge in [-0.3, -0.25) is 4.79 Å². The van der Waals surface area contributed by atoms with Gasteiger partial charge in [-0.15, -0.1) is 0 Å². The average molecular weight is 578 g/mol. The van der Waals surface area contributed by atoms with Crippen LogP contribution in [0.3, 0.4) is 0 Å². The molecule has 0 heterocycles. The van der Waals surface area contributed by atoms with Gasteiger partial charge in [0.15, 0.2) is 6.29 Å². The van der Waals surface area contributed by atoms with E-state index in [-0.39, 0.29) is 12.3 Å². The predicted molar refractivity (Wildman–Crippen MR) is 158 cm³/mol. The van der Waals surface area contributed by atoms with Crippen LogP contribution in [-0.4, -0.2) is 37.4 Å². The number of alkyl halides is 1. The first-order valence-corrected chi connectivity index (χ1v) is 16.7. The van der Waals surface area contributed by atoms with Crippen LogP contribution in [0.2, 0.25) is 0 Å². The summed E-state index contributed by atoms with van der Waals surface area (Å²) in [6.45, 7) is 10.9. The Hall–Kier alpha value is -0.130. The quantitative estimate of drug-likeness (QED) is 0.0402. The van der Waals surface area contributed by atoms with Gasteiger partial charge < -0.3 is 14.2 Å². The number of rotatable bonds is 28. The lowest BCUT2D eigenvalue weighted by atomic mass is 9.93. The van der Waals surface area contributed by atoms with Crippen molar-refractivity contribution in [1.29, 1.82) is 0 Å². The molecule has 0 aromatic carbocycles. The van der Waals surface area contributed by atoms with Gasteiger partial charge in [-0.25, -0.2) is 0 Å². The lowest BCUT2D eigenvalue weighted by molar-refractivity contribution is -0.163. The average Bonchev–Trinajstić information content (AvgIpc) is 2.88. The zero-order valence-electron chi connectivity index (χ0n) is 24.5. The Morgan fingerprint density at radius 2 is 1.06 bits per heavy atom. The summed E-state index contributed by atoms with van der Waals surface area (Å²) in [6.07, 6.45) is 21.6. The minimum Gasteiger partial charge on any atom is -0.465 e. The monoisotopic (exact) mass is 576 g/mol. The van der Waals surface area contributed by atoms with Gasteiger partial charge in [-0.05, 0) is 37.5 Å². The molecule has 0 radical (unpaired) electrons. The van der Waals surface area contributed by atoms with E-state index in [0.717, 1.165) is 62.5 Å². The van der Waals surface area contributed by atoms with Gasteiger partial charge in [0, 0.05) is 31.4 Å². The smallest absolute Gasteiger partial charge is 0.305 e. The molecular formula is C31H61BrO4. The second kappa shape index (κ2) is 27.9. The number of esters is 1. The standard InChI is InChI=1S/C31H61BrO4/c1-5-9-16-28(17-10-6-2)21-25-35-31(23-27-34-30(33)20-14-13-15-24-32)36-26-22-29(18-11-7-3)19-12-8-4/h28-29,31H,5-27H2,1-4H3. The van der Waals surface area contributed by atoms with E-state index >= 15 is 0 Å². The van der Waals surface area contributed by atoms with E-state index in [1.165, 1.54) is 77.0 Å². The second-order valence-corrected chi connectivity index (χ2v) is 11.4. The summed E-state index contributed by atoms with van der Waals surface area (Å²) in [6, 6.07) is 0. The zero-order chi connectivity index (χ0) is 26.7. The van der Waals surface area contributed by atoms with Crippen molar-refractivity contribution in [2.45, 2.75) is 156 Å². The summed E-state index contributed by atoms with van der Waals surface area (Å²) >= 11 is 3.44. The minimum absolute atomic E-state index is 0.0956. The summed E-state index contributed by atoms with van der Waals surface area (Å²) in [5.74, 6) is 1.40. The maximum Gasteiger partial charge on any atom is 0.305 e. The third kappa shape index (κ3) is 23.0. The Morgan fingerprint density at radius 3 is 1.47 bits per heavy atom. The molecule has 216 valence electrons. The molecular weight excluding hydrogens is 516 g/mol. The Bertz CT molecular complexity index is 418. The predicted octanol–water partition coefficient (Wildman–Crippen LogP) is 10.0. The molecule has 0 saturated heterocycles. The molecule has 0 spiro atoms. The highest BCUT2D eigenvalue weighted by Gasteiger charge is 2.16. The molecule has 0 aromatic rings. The molecule has 5 heteroatoms. The number of hydrogen-bond donors (Lipinski definition) is 0. The van der Waals surface area contributed by atoms with Gasteiger partial charge >= 0.3 is 5.97 Å². The first kappa shape index (κ1) is 35.9. The number of carbonyl (C=O) groups is 1. The Labute approximate surface area is 233 Å². The van der Waals surface area contributed by atoms with E-state index in [0.29, 0.717) is 19.4 Å². The van der Waals surface area contributed by atoms with Crippen molar-refractivity contribution in [3.63, 3.8) is 0 Å². The van der Waals surface area contributed by atoms with Gasteiger partial charge in [-0.2, -0.15) is 0 Å². The highest BCUT2D eigenvalue weighted by atomic mass is 79.9. The molecule has 0 aliphatic rings. The molecule has 0 unspecified atom stereocenters. The van der Waals surface area contributed by atoms with Gasteiger partial charge in [0.2, 0.25) is 0 Å². The van der Waals surface area contributed by atoms with Crippen LogP contribution in [0.25, 0.3) is 0 Å². The van der Waals surface area contributed by atoms with Gasteiger partial charge in [0.25, 0.3) is 0 Å². The summed E-state index contributed by atoms with van der Waals surface area (Å²) in [4.78, 5) is 12.1. The van der Waals surface area contributed by atoms with Crippen molar-refractivity contribution in [3.8, 4) is 0 Å². The molecule has 36 heavy (non-hydrogen) atoms. The SMILES string of the molecule is CCCCC(CCCC)CCOC(CCOC(=O)CCCCCBr)OCCC(CCCC)CCCC. The molecule has 0 aliphatic carbocycles. The number of hydrogen-bond acceptors (Lipinski definition) is 4. The third-order valence-electron chi connectivity index (χ3n) is 7.15. The molecule has 0 N–H and O–H groups in total. The lowest BCUT2D eigenvalue weighted by Gasteiger charge is -2.23. The van der Waals surface area contributed by atoms with Crippen molar-refractivity contribution < 1.29 is 19.0 Å². The molecule has 0 fully saturated rings. The lowest BCUT2D eigenvalue weighted by Crippen LogP contribution is -2.23. The van der Waals surface area contributed by atoms with Crippen molar-refractivity contribution >= 4 is 21.9 Å². The normalized spacial score (nSPS) is 11.8. The van der Waals surface area contributed by atoms with E-state index in [2.05, 4.69) is 43.6 Å². The first-order chi connectivity index (χ1) is 17.6. The van der Waals surface area contributed by atoms with Crippen LogP contribution in [0.5, 0.6) is 0 Å². The van der Waals surface area contributed by atoms with E-state index in [1.807, 2.05) is 0 Å². The number of ether oxygens (including phenoxy) is 3. The Kier molecular flexibility index (Phi) is 27.8. The maximum absolute atomic E-state index is 12.1. The fourth-order valence-corrected chi connectivity index (χ4v) is 5.06. The molecule has 0 aromatic heterocycles. The molecule has 0 rings (SSSR count). The molecule has 0 aliphatic heterocycles. The molecule has 0 bridgehead atoms. The van der Waals surface area contributed by atoms with E-state index in [9.17, 15) is 4.79 Å². The number of unbranched alkanes of at least 4 members (excludes halogenated alkanes) is 6. The maximum atomic E-state index is 12.1. The van der Waals surface area contributed by atoms with Crippen LogP contribution in [-0.2, 0) is 19.0 Å². The highest BCUT2D eigenvalue weighted by Crippen LogP contribution is 2.22. The Morgan fingerprint density at radius 1 is 0.583 bits per heavy atom. The zero-order valence-corrected chi connectivity index (χ0v) is 26.1. The van der Waals surface area contributed by atoms with Crippen LogP contribution >= 0.6 is 15.9 Å². The van der Waals surface area contributed by atoms with Crippen LogP contribution in [0.15, 0.2) is 0 Å². The Balaban J connectivity index is 4.65.